The van der Waals surface area contributed by atoms with Gasteiger partial charge < -0.3 is 13.7 Å². The minimum atomic E-state index is 0.906. The Labute approximate surface area is 260 Å². The third-order valence-corrected chi connectivity index (χ3v) is 8.69. The van der Waals surface area contributed by atoms with Crippen molar-refractivity contribution in [2.45, 2.75) is 0 Å². The Morgan fingerprint density at radius 2 is 0.667 bits per heavy atom. The molecule has 212 valence electrons. The highest BCUT2D eigenvalue weighted by Gasteiger charge is 2.14. The second-order valence-electron chi connectivity index (χ2n) is 11.4. The van der Waals surface area contributed by atoms with E-state index in [1.54, 1.807) is 0 Å². The Morgan fingerprint density at radius 3 is 1.16 bits per heavy atom. The van der Waals surface area contributed by atoms with Crippen LogP contribution >= 0.6 is 0 Å². The van der Waals surface area contributed by atoms with Crippen molar-refractivity contribution in [2.75, 3.05) is 4.90 Å². The molecule has 0 aliphatic heterocycles. The van der Waals surface area contributed by atoms with E-state index in [1.807, 2.05) is 24.3 Å². The standard InChI is InChI=1S/C42H27NO2/c1-2-8-32(9-3-1)43(33-20-14-28(15-21-33)30-18-24-37-35-10-4-6-12-39(35)44-41(37)26-30)34-22-16-29(17-23-34)31-19-25-38-36-11-5-7-13-40(36)45-42(38)27-31/h1-27H. The van der Waals surface area contributed by atoms with Crippen molar-refractivity contribution in [3.05, 3.63) is 164 Å². The van der Waals surface area contributed by atoms with Crippen LogP contribution in [0, 0.1) is 0 Å². The van der Waals surface area contributed by atoms with Crippen LogP contribution < -0.4 is 4.90 Å². The highest BCUT2D eigenvalue weighted by atomic mass is 16.3. The Kier molecular flexibility index (Phi) is 5.82. The molecule has 0 unspecified atom stereocenters. The van der Waals surface area contributed by atoms with Crippen LogP contribution in [0.4, 0.5) is 17.1 Å². The Balaban J connectivity index is 1.06. The maximum atomic E-state index is 6.16. The Morgan fingerprint density at radius 1 is 0.289 bits per heavy atom. The van der Waals surface area contributed by atoms with Crippen molar-refractivity contribution in [1.29, 1.82) is 0 Å². The van der Waals surface area contributed by atoms with Gasteiger partial charge in [0.05, 0.1) is 0 Å². The van der Waals surface area contributed by atoms with Gasteiger partial charge in [0.2, 0.25) is 0 Å². The van der Waals surface area contributed by atoms with E-state index in [1.165, 1.54) is 0 Å². The molecule has 0 spiro atoms. The van der Waals surface area contributed by atoms with Crippen molar-refractivity contribution < 1.29 is 8.83 Å². The summed E-state index contributed by atoms with van der Waals surface area (Å²) in [4.78, 5) is 2.29. The zero-order valence-electron chi connectivity index (χ0n) is 24.4. The molecule has 0 saturated heterocycles. The fraction of sp³-hybridized carbons (Fsp3) is 0. The number of hydrogen-bond donors (Lipinski definition) is 0. The predicted molar refractivity (Wildman–Crippen MR) is 187 cm³/mol. The molecule has 0 aliphatic carbocycles. The highest BCUT2D eigenvalue weighted by molar-refractivity contribution is 6.06. The number of fused-ring (bicyclic) bond motifs is 6. The van der Waals surface area contributed by atoms with Crippen LogP contribution in [0.15, 0.2) is 173 Å². The van der Waals surface area contributed by atoms with Gasteiger partial charge in [0.1, 0.15) is 22.3 Å². The lowest BCUT2D eigenvalue weighted by Crippen LogP contribution is -2.09. The maximum Gasteiger partial charge on any atom is 0.136 e. The first-order valence-corrected chi connectivity index (χ1v) is 15.2. The lowest BCUT2D eigenvalue weighted by Gasteiger charge is -2.26. The molecule has 3 heteroatoms. The third-order valence-electron chi connectivity index (χ3n) is 8.69. The third kappa shape index (κ3) is 4.37. The van der Waals surface area contributed by atoms with E-state index in [0.717, 1.165) is 83.2 Å². The molecule has 7 aromatic carbocycles. The van der Waals surface area contributed by atoms with Gasteiger partial charge >= 0.3 is 0 Å². The molecule has 0 saturated carbocycles. The fourth-order valence-electron chi connectivity index (χ4n) is 6.44. The van der Waals surface area contributed by atoms with Gasteiger partial charge in [0.15, 0.2) is 0 Å². The first-order chi connectivity index (χ1) is 22.3. The summed E-state index contributed by atoms with van der Waals surface area (Å²) >= 11 is 0. The van der Waals surface area contributed by atoms with Crippen LogP contribution in [-0.4, -0.2) is 0 Å². The van der Waals surface area contributed by atoms with E-state index in [2.05, 4.69) is 144 Å². The normalized spacial score (nSPS) is 11.6. The second-order valence-corrected chi connectivity index (χ2v) is 11.4. The van der Waals surface area contributed by atoms with Crippen LogP contribution in [0.3, 0.4) is 0 Å². The molecule has 9 rings (SSSR count). The summed E-state index contributed by atoms with van der Waals surface area (Å²) in [5.74, 6) is 0. The van der Waals surface area contributed by atoms with Gasteiger partial charge in [0.25, 0.3) is 0 Å². The lowest BCUT2D eigenvalue weighted by atomic mass is 10.0. The number of anilines is 3. The monoisotopic (exact) mass is 577 g/mol. The summed E-state index contributed by atoms with van der Waals surface area (Å²) in [6.07, 6.45) is 0. The molecular formula is C42H27NO2. The second kappa shape index (κ2) is 10.3. The first kappa shape index (κ1) is 25.4. The number of furan rings is 2. The number of benzene rings is 7. The number of rotatable bonds is 5. The average molecular weight is 578 g/mol. The molecule has 0 fully saturated rings. The average Bonchev–Trinajstić information content (AvgIpc) is 3.67. The quantitative estimate of drug-likeness (QED) is 0.204. The van der Waals surface area contributed by atoms with Gasteiger partial charge in [-0.2, -0.15) is 0 Å². The molecule has 0 atom stereocenters. The van der Waals surface area contributed by atoms with Crippen LogP contribution in [0.25, 0.3) is 66.1 Å². The van der Waals surface area contributed by atoms with Gasteiger partial charge in [-0.25, -0.2) is 0 Å². The van der Waals surface area contributed by atoms with Gasteiger partial charge in [-0.1, -0.05) is 91.0 Å². The summed E-state index contributed by atoms with van der Waals surface area (Å²) in [7, 11) is 0. The lowest BCUT2D eigenvalue weighted by molar-refractivity contribution is 0.668. The van der Waals surface area contributed by atoms with Gasteiger partial charge in [-0.05, 0) is 95.1 Å². The summed E-state index contributed by atoms with van der Waals surface area (Å²) in [5.41, 5.74) is 11.5. The molecule has 0 aliphatic rings. The zero-order valence-corrected chi connectivity index (χ0v) is 24.4. The van der Waals surface area contributed by atoms with Crippen molar-refractivity contribution in [3.63, 3.8) is 0 Å². The molecule has 45 heavy (non-hydrogen) atoms. The van der Waals surface area contributed by atoms with E-state index in [-0.39, 0.29) is 0 Å². The summed E-state index contributed by atoms with van der Waals surface area (Å²) in [6.45, 7) is 0. The minimum absolute atomic E-state index is 0.906. The molecule has 0 N–H and O–H groups in total. The first-order valence-electron chi connectivity index (χ1n) is 15.2. The SMILES string of the molecule is c1ccc(N(c2ccc(-c3ccc4c(c3)oc3ccccc34)cc2)c2ccc(-c3ccc4c(c3)oc3ccccc34)cc2)cc1. The summed E-state index contributed by atoms with van der Waals surface area (Å²) in [5, 5.41) is 4.58. The van der Waals surface area contributed by atoms with Gasteiger partial charge in [-0.3, -0.25) is 0 Å². The van der Waals surface area contributed by atoms with Crippen molar-refractivity contribution in [2.24, 2.45) is 0 Å². The Hall–Kier alpha value is -6.06. The van der Waals surface area contributed by atoms with Crippen molar-refractivity contribution in [1.82, 2.24) is 0 Å². The van der Waals surface area contributed by atoms with Crippen molar-refractivity contribution in [3.8, 4) is 22.3 Å². The zero-order chi connectivity index (χ0) is 29.7. The van der Waals surface area contributed by atoms with Gasteiger partial charge in [-0.15, -0.1) is 0 Å². The largest absolute Gasteiger partial charge is 0.456 e. The van der Waals surface area contributed by atoms with Crippen LogP contribution in [-0.2, 0) is 0 Å². The van der Waals surface area contributed by atoms with Gasteiger partial charge in [0, 0.05) is 38.6 Å². The molecule has 0 radical (unpaired) electrons. The molecule has 3 nitrogen and oxygen atoms in total. The number of para-hydroxylation sites is 3. The number of hydrogen-bond acceptors (Lipinski definition) is 3. The summed E-state index contributed by atoms with van der Waals surface area (Å²) < 4.78 is 12.3. The predicted octanol–water partition coefficient (Wildman–Crippen LogP) is 12.3. The van der Waals surface area contributed by atoms with Crippen molar-refractivity contribution >= 4 is 60.9 Å². The van der Waals surface area contributed by atoms with E-state index in [0.29, 0.717) is 0 Å². The van der Waals surface area contributed by atoms with E-state index < -0.39 is 0 Å². The smallest absolute Gasteiger partial charge is 0.136 e. The Bertz CT molecular complexity index is 2310. The maximum absolute atomic E-state index is 6.16. The molecular weight excluding hydrogens is 550 g/mol. The topological polar surface area (TPSA) is 29.5 Å². The molecule has 0 bridgehead atoms. The van der Waals surface area contributed by atoms with E-state index >= 15 is 0 Å². The van der Waals surface area contributed by atoms with E-state index in [4.69, 9.17) is 8.83 Å². The fourth-order valence-corrected chi connectivity index (χ4v) is 6.44. The minimum Gasteiger partial charge on any atom is -0.456 e. The molecule has 9 aromatic rings. The summed E-state index contributed by atoms with van der Waals surface area (Å²) in [6, 6.07) is 57.4. The van der Waals surface area contributed by atoms with Crippen LogP contribution in [0.5, 0.6) is 0 Å². The molecule has 2 aromatic heterocycles. The number of nitrogens with zero attached hydrogens (tertiary/aromatic N) is 1. The van der Waals surface area contributed by atoms with Crippen LogP contribution in [0.1, 0.15) is 0 Å². The molecule has 0 amide bonds. The van der Waals surface area contributed by atoms with Crippen LogP contribution in [0.2, 0.25) is 0 Å². The van der Waals surface area contributed by atoms with E-state index in [9.17, 15) is 0 Å². The molecule has 2 heterocycles. The highest BCUT2D eigenvalue weighted by Crippen LogP contribution is 2.38.